The van der Waals surface area contributed by atoms with Crippen LogP contribution >= 0.6 is 0 Å². The van der Waals surface area contributed by atoms with Gasteiger partial charge >= 0.3 is 0 Å². The predicted molar refractivity (Wildman–Crippen MR) is 76.9 cm³/mol. The molecule has 3 N–H and O–H groups in total. The summed E-state index contributed by atoms with van der Waals surface area (Å²) in [4.78, 5) is 12.2. The fourth-order valence-corrected chi connectivity index (χ4v) is 2.89. The summed E-state index contributed by atoms with van der Waals surface area (Å²) < 4.78 is 25.4. The zero-order chi connectivity index (χ0) is 14.6. The summed E-state index contributed by atoms with van der Waals surface area (Å²) in [7, 11) is -2.07. The molecule has 0 aliphatic carbocycles. The maximum absolute atomic E-state index is 12.0. The Morgan fingerprint density at radius 3 is 2.35 bits per heavy atom. The van der Waals surface area contributed by atoms with Gasteiger partial charge < -0.3 is 10.6 Å². The molecule has 0 saturated carbocycles. The van der Waals surface area contributed by atoms with Crippen LogP contribution in [0.2, 0.25) is 0 Å². The van der Waals surface area contributed by atoms with Gasteiger partial charge in [0.1, 0.15) is 0 Å². The minimum absolute atomic E-state index is 0.00396. The van der Waals surface area contributed by atoms with Gasteiger partial charge in [-0.1, -0.05) is 0 Å². The summed E-state index contributed by atoms with van der Waals surface area (Å²) in [6.45, 7) is 1.72. The zero-order valence-electron chi connectivity index (χ0n) is 11.3. The fourth-order valence-electron chi connectivity index (χ4n) is 2.16. The van der Waals surface area contributed by atoms with Crippen molar-refractivity contribution in [3.63, 3.8) is 0 Å². The highest BCUT2D eigenvalue weighted by Gasteiger charge is 2.21. The minimum atomic E-state index is -3.43. The number of amides is 1. The van der Waals surface area contributed by atoms with E-state index in [0.29, 0.717) is 5.69 Å². The average Bonchev–Trinajstić information content (AvgIpc) is 2.48. The van der Waals surface area contributed by atoms with Gasteiger partial charge in [0, 0.05) is 11.6 Å². The minimum Gasteiger partial charge on any atom is -0.326 e. The molecule has 1 fully saturated rings. The smallest absolute Gasteiger partial charge is 0.240 e. The van der Waals surface area contributed by atoms with Crippen LogP contribution in [0.1, 0.15) is 12.8 Å². The van der Waals surface area contributed by atoms with E-state index < -0.39 is 10.0 Å². The molecule has 1 aromatic carbocycles. The predicted octanol–water partition coefficient (Wildman–Crippen LogP) is 0.533. The van der Waals surface area contributed by atoms with Crippen molar-refractivity contribution >= 4 is 21.6 Å². The van der Waals surface area contributed by atoms with Crippen LogP contribution in [0.5, 0.6) is 0 Å². The van der Waals surface area contributed by atoms with E-state index in [2.05, 4.69) is 15.4 Å². The number of carbonyl (C=O) groups excluding carboxylic acids is 1. The van der Waals surface area contributed by atoms with E-state index in [1.54, 1.807) is 12.1 Å². The normalized spacial score (nSPS) is 16.9. The Kier molecular flexibility index (Phi) is 4.74. The summed E-state index contributed by atoms with van der Waals surface area (Å²) in [5.41, 5.74) is 0.614. The number of carbonyl (C=O) groups is 1. The monoisotopic (exact) mass is 297 g/mol. The van der Waals surface area contributed by atoms with Crippen molar-refractivity contribution in [3.05, 3.63) is 24.3 Å². The maximum Gasteiger partial charge on any atom is 0.240 e. The van der Waals surface area contributed by atoms with Crippen LogP contribution in [-0.2, 0) is 14.8 Å². The van der Waals surface area contributed by atoms with E-state index in [1.165, 1.54) is 19.2 Å². The standard InChI is InChI=1S/C13H19N3O3S/c1-14-20(18,19)12-4-2-11(3-5-12)16-13(17)10-6-8-15-9-7-10/h2-5,10,14-15H,6-9H2,1H3,(H,16,17). The number of sulfonamides is 1. The Bertz CT molecular complexity index is 563. The van der Waals surface area contributed by atoms with Crippen LogP contribution < -0.4 is 15.4 Å². The van der Waals surface area contributed by atoms with E-state index in [4.69, 9.17) is 0 Å². The molecule has 20 heavy (non-hydrogen) atoms. The first-order valence-electron chi connectivity index (χ1n) is 6.58. The third-order valence-electron chi connectivity index (χ3n) is 3.41. The van der Waals surface area contributed by atoms with Gasteiger partial charge in [-0.3, -0.25) is 4.79 Å². The third-order valence-corrected chi connectivity index (χ3v) is 4.84. The van der Waals surface area contributed by atoms with Gasteiger partial charge in [0.15, 0.2) is 0 Å². The summed E-state index contributed by atoms with van der Waals surface area (Å²) in [6, 6.07) is 6.15. The lowest BCUT2D eigenvalue weighted by Gasteiger charge is -2.21. The number of anilines is 1. The Balaban J connectivity index is 2.02. The van der Waals surface area contributed by atoms with Crippen LogP contribution in [0.25, 0.3) is 0 Å². The lowest BCUT2D eigenvalue weighted by Crippen LogP contribution is -2.34. The second-order valence-electron chi connectivity index (χ2n) is 4.75. The van der Waals surface area contributed by atoms with E-state index >= 15 is 0 Å². The van der Waals surface area contributed by atoms with E-state index in [0.717, 1.165) is 25.9 Å². The number of benzene rings is 1. The fraction of sp³-hybridized carbons (Fsp3) is 0.462. The molecule has 0 bridgehead atoms. The van der Waals surface area contributed by atoms with Gasteiger partial charge in [-0.25, -0.2) is 13.1 Å². The number of nitrogens with one attached hydrogen (secondary N) is 3. The lowest BCUT2D eigenvalue weighted by atomic mass is 9.97. The summed E-state index contributed by atoms with van der Waals surface area (Å²) in [6.07, 6.45) is 1.66. The molecule has 0 spiro atoms. The van der Waals surface area contributed by atoms with Gasteiger partial charge in [0.2, 0.25) is 15.9 Å². The molecule has 1 aliphatic heterocycles. The molecule has 6 nitrogen and oxygen atoms in total. The summed E-state index contributed by atoms with van der Waals surface area (Å²) in [5, 5.41) is 6.04. The molecular formula is C13H19N3O3S. The first kappa shape index (κ1) is 15.0. The van der Waals surface area contributed by atoms with Crippen LogP contribution in [0.4, 0.5) is 5.69 Å². The van der Waals surface area contributed by atoms with Crippen molar-refractivity contribution in [2.45, 2.75) is 17.7 Å². The largest absolute Gasteiger partial charge is 0.326 e. The summed E-state index contributed by atoms with van der Waals surface area (Å²) in [5.74, 6) is 0.0210. The molecule has 1 amide bonds. The molecule has 110 valence electrons. The van der Waals surface area contributed by atoms with E-state index in [-0.39, 0.29) is 16.7 Å². The molecule has 0 atom stereocenters. The van der Waals surface area contributed by atoms with Crippen LogP contribution in [0, 0.1) is 5.92 Å². The van der Waals surface area contributed by atoms with Crippen molar-refractivity contribution in [1.82, 2.24) is 10.0 Å². The van der Waals surface area contributed by atoms with Crippen LogP contribution in [0.3, 0.4) is 0 Å². The Labute approximate surface area is 119 Å². The van der Waals surface area contributed by atoms with Gasteiger partial charge in [-0.05, 0) is 57.2 Å². The molecule has 0 radical (unpaired) electrons. The van der Waals surface area contributed by atoms with Gasteiger partial charge in [0.05, 0.1) is 4.90 Å². The zero-order valence-corrected chi connectivity index (χ0v) is 12.2. The second kappa shape index (κ2) is 6.34. The molecular weight excluding hydrogens is 278 g/mol. The van der Waals surface area contributed by atoms with Crippen molar-refractivity contribution in [2.24, 2.45) is 5.92 Å². The highest BCUT2D eigenvalue weighted by molar-refractivity contribution is 7.89. The topological polar surface area (TPSA) is 87.3 Å². The average molecular weight is 297 g/mol. The molecule has 1 heterocycles. The highest BCUT2D eigenvalue weighted by Crippen LogP contribution is 2.17. The first-order valence-corrected chi connectivity index (χ1v) is 8.06. The van der Waals surface area contributed by atoms with E-state index in [9.17, 15) is 13.2 Å². The SMILES string of the molecule is CNS(=O)(=O)c1ccc(NC(=O)C2CCNCC2)cc1. The van der Waals surface area contributed by atoms with Crippen molar-refractivity contribution in [1.29, 1.82) is 0 Å². The van der Waals surface area contributed by atoms with Gasteiger partial charge in [-0.2, -0.15) is 0 Å². The van der Waals surface area contributed by atoms with Crippen molar-refractivity contribution in [3.8, 4) is 0 Å². The highest BCUT2D eigenvalue weighted by atomic mass is 32.2. The third kappa shape index (κ3) is 3.56. The Hall–Kier alpha value is -1.44. The number of rotatable bonds is 4. The Morgan fingerprint density at radius 2 is 1.80 bits per heavy atom. The van der Waals surface area contributed by atoms with Crippen LogP contribution in [-0.4, -0.2) is 34.5 Å². The van der Waals surface area contributed by atoms with Crippen molar-refractivity contribution in [2.75, 3.05) is 25.5 Å². The van der Waals surface area contributed by atoms with Gasteiger partial charge in [0.25, 0.3) is 0 Å². The van der Waals surface area contributed by atoms with Gasteiger partial charge in [-0.15, -0.1) is 0 Å². The number of piperidine rings is 1. The quantitative estimate of drug-likeness (QED) is 0.756. The van der Waals surface area contributed by atoms with E-state index in [1.807, 2.05) is 0 Å². The second-order valence-corrected chi connectivity index (χ2v) is 6.63. The molecule has 1 aliphatic rings. The lowest BCUT2D eigenvalue weighted by molar-refractivity contribution is -0.120. The Morgan fingerprint density at radius 1 is 1.20 bits per heavy atom. The molecule has 1 saturated heterocycles. The number of hydrogen-bond acceptors (Lipinski definition) is 4. The van der Waals surface area contributed by atoms with Crippen LogP contribution in [0.15, 0.2) is 29.2 Å². The first-order chi connectivity index (χ1) is 9.53. The molecule has 7 heteroatoms. The number of hydrogen-bond donors (Lipinski definition) is 3. The maximum atomic E-state index is 12.0. The molecule has 1 aromatic rings. The molecule has 0 unspecified atom stereocenters. The van der Waals surface area contributed by atoms with Crippen molar-refractivity contribution < 1.29 is 13.2 Å². The molecule has 2 rings (SSSR count). The summed E-state index contributed by atoms with van der Waals surface area (Å²) >= 11 is 0. The molecule has 0 aromatic heterocycles.